The van der Waals surface area contributed by atoms with Gasteiger partial charge in [-0.05, 0) is 31.9 Å². The summed E-state index contributed by atoms with van der Waals surface area (Å²) in [7, 11) is 0. The molecule has 0 bridgehead atoms. The van der Waals surface area contributed by atoms with E-state index in [-0.39, 0.29) is 11.5 Å². The highest BCUT2D eigenvalue weighted by Crippen LogP contribution is 2.41. The minimum Gasteiger partial charge on any atom is -0.463 e. The molecule has 2 aromatic rings. The zero-order valence-corrected chi connectivity index (χ0v) is 13.8. The third kappa shape index (κ3) is 2.91. The molecule has 2 atom stereocenters. The van der Waals surface area contributed by atoms with Crippen LogP contribution in [0.2, 0.25) is 0 Å². The van der Waals surface area contributed by atoms with Gasteiger partial charge in [0.2, 0.25) is 5.95 Å². The Morgan fingerprint density at radius 2 is 2.17 bits per heavy atom. The monoisotopic (exact) mass is 327 g/mol. The molecule has 0 saturated carbocycles. The predicted octanol–water partition coefficient (Wildman–Crippen LogP) is 1.64. The number of aryl methyl sites for hydroxylation is 1. The SMILES string of the molecule is Cc1ccnc(OC[C@]23CCO[C@H]2CCN(c2ncccn2)C3)n1. The zero-order valence-electron chi connectivity index (χ0n) is 13.8. The van der Waals surface area contributed by atoms with E-state index in [9.17, 15) is 0 Å². The summed E-state index contributed by atoms with van der Waals surface area (Å²) in [5, 5.41) is 0. The lowest BCUT2D eigenvalue weighted by Gasteiger charge is -2.43. The van der Waals surface area contributed by atoms with Crippen LogP contribution < -0.4 is 9.64 Å². The third-order valence-corrected chi connectivity index (χ3v) is 4.87. The third-order valence-electron chi connectivity index (χ3n) is 4.87. The van der Waals surface area contributed by atoms with Gasteiger partial charge in [0.25, 0.3) is 0 Å². The number of ether oxygens (including phenoxy) is 2. The fraction of sp³-hybridized carbons (Fsp3) is 0.529. The van der Waals surface area contributed by atoms with Gasteiger partial charge in [-0.15, -0.1) is 0 Å². The fourth-order valence-electron chi connectivity index (χ4n) is 3.58. The normalized spacial score (nSPS) is 26.2. The van der Waals surface area contributed by atoms with Gasteiger partial charge in [-0.3, -0.25) is 0 Å². The van der Waals surface area contributed by atoms with Gasteiger partial charge < -0.3 is 14.4 Å². The summed E-state index contributed by atoms with van der Waals surface area (Å²) in [6.07, 6.45) is 7.42. The van der Waals surface area contributed by atoms with Crippen molar-refractivity contribution in [3.63, 3.8) is 0 Å². The minimum absolute atomic E-state index is 0.0649. The summed E-state index contributed by atoms with van der Waals surface area (Å²) in [6.45, 7) is 4.98. The second kappa shape index (κ2) is 6.32. The predicted molar refractivity (Wildman–Crippen MR) is 87.9 cm³/mol. The van der Waals surface area contributed by atoms with Crippen molar-refractivity contribution in [2.45, 2.75) is 25.9 Å². The highest BCUT2D eigenvalue weighted by atomic mass is 16.5. The van der Waals surface area contributed by atoms with E-state index in [1.54, 1.807) is 18.6 Å². The van der Waals surface area contributed by atoms with Crippen LogP contribution in [0.4, 0.5) is 5.95 Å². The highest BCUT2D eigenvalue weighted by Gasteiger charge is 2.49. The number of hydrogen-bond acceptors (Lipinski definition) is 7. The number of piperidine rings is 1. The molecule has 2 aliphatic rings. The van der Waals surface area contributed by atoms with Crippen molar-refractivity contribution < 1.29 is 9.47 Å². The summed E-state index contributed by atoms with van der Waals surface area (Å²) in [5.74, 6) is 0.772. The lowest BCUT2D eigenvalue weighted by Crippen LogP contribution is -2.53. The minimum atomic E-state index is -0.0649. The van der Waals surface area contributed by atoms with Gasteiger partial charge >= 0.3 is 6.01 Å². The van der Waals surface area contributed by atoms with E-state index in [1.165, 1.54) is 0 Å². The van der Waals surface area contributed by atoms with E-state index >= 15 is 0 Å². The Balaban J connectivity index is 1.51. The van der Waals surface area contributed by atoms with Gasteiger partial charge in [-0.25, -0.2) is 19.9 Å². The summed E-state index contributed by atoms with van der Waals surface area (Å²) in [5.41, 5.74) is 0.838. The van der Waals surface area contributed by atoms with Crippen LogP contribution in [0.25, 0.3) is 0 Å². The van der Waals surface area contributed by atoms with Crippen LogP contribution in [0.15, 0.2) is 30.7 Å². The highest BCUT2D eigenvalue weighted by molar-refractivity contribution is 5.31. The van der Waals surface area contributed by atoms with E-state index in [0.29, 0.717) is 12.6 Å². The van der Waals surface area contributed by atoms with E-state index in [0.717, 1.165) is 44.2 Å². The summed E-state index contributed by atoms with van der Waals surface area (Å²) in [6, 6.07) is 4.13. The Morgan fingerprint density at radius 3 is 3.00 bits per heavy atom. The Bertz CT molecular complexity index is 698. The molecule has 24 heavy (non-hydrogen) atoms. The Kier molecular flexibility index (Phi) is 4.02. The van der Waals surface area contributed by atoms with Crippen molar-refractivity contribution in [2.24, 2.45) is 5.41 Å². The van der Waals surface area contributed by atoms with Crippen LogP contribution in [0.5, 0.6) is 6.01 Å². The first kappa shape index (κ1) is 15.3. The maximum absolute atomic E-state index is 5.97. The van der Waals surface area contributed by atoms with Crippen molar-refractivity contribution in [3.05, 3.63) is 36.4 Å². The second-order valence-electron chi connectivity index (χ2n) is 6.50. The molecule has 0 N–H and O–H groups in total. The van der Waals surface area contributed by atoms with Crippen LogP contribution in [0.3, 0.4) is 0 Å². The number of nitrogens with zero attached hydrogens (tertiary/aromatic N) is 5. The molecule has 4 rings (SSSR count). The van der Waals surface area contributed by atoms with E-state index in [4.69, 9.17) is 9.47 Å². The number of aromatic nitrogens is 4. The van der Waals surface area contributed by atoms with Crippen LogP contribution in [0.1, 0.15) is 18.5 Å². The molecule has 2 aromatic heterocycles. The molecule has 0 aliphatic carbocycles. The van der Waals surface area contributed by atoms with E-state index in [2.05, 4.69) is 24.8 Å². The second-order valence-corrected chi connectivity index (χ2v) is 6.50. The standard InChI is InChI=1S/C17H21N5O2/c1-13-3-8-20-16(21-13)24-12-17-5-10-23-14(17)4-9-22(11-17)15-18-6-2-7-19-15/h2-3,6-8,14H,4-5,9-12H2,1H3/t14-,17+/m0/s1. The average Bonchev–Trinajstić information content (AvgIpc) is 3.04. The first-order valence-electron chi connectivity index (χ1n) is 8.31. The molecule has 126 valence electrons. The molecule has 2 fully saturated rings. The maximum atomic E-state index is 5.97. The van der Waals surface area contributed by atoms with Crippen molar-refractivity contribution >= 4 is 5.95 Å². The summed E-state index contributed by atoms with van der Waals surface area (Å²) < 4.78 is 11.9. The van der Waals surface area contributed by atoms with Crippen molar-refractivity contribution in [3.8, 4) is 6.01 Å². The van der Waals surface area contributed by atoms with Gasteiger partial charge in [-0.2, -0.15) is 0 Å². The lowest BCUT2D eigenvalue weighted by atomic mass is 9.77. The van der Waals surface area contributed by atoms with Gasteiger partial charge in [0.05, 0.1) is 11.5 Å². The number of hydrogen-bond donors (Lipinski definition) is 0. The Hall–Kier alpha value is -2.28. The lowest BCUT2D eigenvalue weighted by molar-refractivity contribution is 0.00610. The Morgan fingerprint density at radius 1 is 1.29 bits per heavy atom. The topological polar surface area (TPSA) is 73.3 Å². The first-order valence-corrected chi connectivity index (χ1v) is 8.31. The molecule has 4 heterocycles. The molecular formula is C17H21N5O2. The number of anilines is 1. The van der Waals surface area contributed by atoms with Gasteiger partial charge in [0.1, 0.15) is 6.61 Å². The van der Waals surface area contributed by atoms with Gasteiger partial charge in [0.15, 0.2) is 0 Å². The molecule has 7 nitrogen and oxygen atoms in total. The molecule has 2 aliphatic heterocycles. The van der Waals surface area contributed by atoms with Gasteiger partial charge in [-0.1, -0.05) is 0 Å². The molecule has 0 radical (unpaired) electrons. The molecule has 0 spiro atoms. The van der Waals surface area contributed by atoms with Gasteiger partial charge in [0, 0.05) is 44.0 Å². The zero-order chi connectivity index (χ0) is 16.4. The van der Waals surface area contributed by atoms with Crippen molar-refractivity contribution in [1.82, 2.24) is 19.9 Å². The molecule has 0 unspecified atom stereocenters. The van der Waals surface area contributed by atoms with Crippen molar-refractivity contribution in [2.75, 3.05) is 31.2 Å². The molecular weight excluding hydrogens is 306 g/mol. The quantitative estimate of drug-likeness (QED) is 0.845. The average molecular weight is 327 g/mol. The van der Waals surface area contributed by atoms with Crippen LogP contribution in [-0.4, -0.2) is 52.3 Å². The first-order chi connectivity index (χ1) is 11.8. The van der Waals surface area contributed by atoms with E-state index in [1.807, 2.05) is 19.1 Å². The van der Waals surface area contributed by atoms with E-state index < -0.39 is 0 Å². The number of rotatable bonds is 4. The Labute approximate surface area is 141 Å². The maximum Gasteiger partial charge on any atom is 0.316 e. The number of fused-ring (bicyclic) bond motifs is 1. The largest absolute Gasteiger partial charge is 0.463 e. The van der Waals surface area contributed by atoms with Crippen molar-refractivity contribution in [1.29, 1.82) is 0 Å². The molecule has 0 amide bonds. The summed E-state index contributed by atoms with van der Waals surface area (Å²) >= 11 is 0. The molecule has 0 aromatic carbocycles. The summed E-state index contributed by atoms with van der Waals surface area (Å²) in [4.78, 5) is 19.5. The van der Waals surface area contributed by atoms with Crippen LogP contribution in [0, 0.1) is 12.3 Å². The molecule has 7 heteroatoms. The fourth-order valence-corrected chi connectivity index (χ4v) is 3.58. The molecule has 2 saturated heterocycles. The smallest absolute Gasteiger partial charge is 0.316 e. The van der Waals surface area contributed by atoms with Crippen LogP contribution in [-0.2, 0) is 4.74 Å². The van der Waals surface area contributed by atoms with Crippen LogP contribution >= 0.6 is 0 Å².